The summed E-state index contributed by atoms with van der Waals surface area (Å²) in [5.74, 6) is -5.06. The van der Waals surface area contributed by atoms with E-state index >= 15 is 0 Å². The van der Waals surface area contributed by atoms with E-state index in [1.54, 1.807) is 0 Å². The van der Waals surface area contributed by atoms with Crippen LogP contribution in [0.15, 0.2) is 11.3 Å². The van der Waals surface area contributed by atoms with Gasteiger partial charge in [-0.15, -0.1) is 0 Å². The Labute approximate surface area is 135 Å². The molecule has 0 rings (SSSR count). The third kappa shape index (κ3) is 3.83. The first-order valence-corrected chi connectivity index (χ1v) is 5.44. The Morgan fingerprint density at radius 2 is 0.593 bits per heavy atom. The molecular formula is C9HF17O. The molecule has 0 unspecified atom stereocenters. The molecule has 1 nitrogen and oxygen atoms in total. The second kappa shape index (κ2) is 6.18. The molecule has 0 aliphatic rings. The van der Waals surface area contributed by atoms with E-state index in [1.807, 2.05) is 0 Å². The predicted molar refractivity (Wildman–Crippen MR) is 47.6 cm³/mol. The normalized spacial score (nSPS) is 15.7. The highest BCUT2D eigenvalue weighted by Crippen LogP contribution is 2.62. The number of hydrogen-bond acceptors (Lipinski definition) is 1. The lowest BCUT2D eigenvalue weighted by atomic mass is 9.79. The zero-order valence-electron chi connectivity index (χ0n) is 11.4. The lowest BCUT2D eigenvalue weighted by molar-refractivity contribution is -0.366. The highest BCUT2D eigenvalue weighted by Gasteiger charge is 2.87. The van der Waals surface area contributed by atoms with Crippen LogP contribution >= 0.6 is 0 Å². The summed E-state index contributed by atoms with van der Waals surface area (Å²) in [6.45, 7) is 0. The molecule has 162 valence electrons. The molecule has 0 spiro atoms. The summed E-state index contributed by atoms with van der Waals surface area (Å²) in [4.78, 5) is 0. The summed E-state index contributed by atoms with van der Waals surface area (Å²) in [7, 11) is 0. The molecule has 0 radical (unpaired) electrons. The van der Waals surface area contributed by atoms with Gasteiger partial charge in [-0.25, -0.2) is 8.78 Å². The molecule has 18 heteroatoms. The number of aliphatic hydroxyl groups is 1. The topological polar surface area (TPSA) is 20.2 Å². The third-order valence-electron chi connectivity index (χ3n) is 2.76. The molecule has 0 fully saturated rings. The number of halogens is 17. The minimum absolute atomic E-state index is 5.06. The summed E-state index contributed by atoms with van der Waals surface area (Å²) in [5.41, 5.74) is -22.2. The molecule has 0 saturated heterocycles. The Morgan fingerprint density at radius 3 is 0.704 bits per heavy atom. The van der Waals surface area contributed by atoms with Gasteiger partial charge >= 0.3 is 42.2 Å². The largest absolute Gasteiger partial charge is 0.504 e. The highest BCUT2D eigenvalue weighted by atomic mass is 19.4. The maximum Gasteiger partial charge on any atom is 0.448 e. The van der Waals surface area contributed by atoms with Crippen molar-refractivity contribution in [3.05, 3.63) is 11.3 Å². The standard InChI is InChI=1S/C9HF17O/c10-3(6(15,16)17,7(18,19)20)1(2(27)5(12,13)14)4(11,8(21,22)23)9(24,25)26/h27H. The number of allylic oxidation sites excluding steroid dienone is 2. The minimum atomic E-state index is -8.24. The van der Waals surface area contributed by atoms with Gasteiger partial charge in [-0.2, -0.15) is 65.9 Å². The fourth-order valence-electron chi connectivity index (χ4n) is 1.59. The van der Waals surface area contributed by atoms with Crippen LogP contribution in [-0.4, -0.2) is 47.3 Å². The van der Waals surface area contributed by atoms with Crippen molar-refractivity contribution in [2.45, 2.75) is 42.2 Å². The Bertz CT molecular complexity index is 510. The van der Waals surface area contributed by atoms with Gasteiger partial charge in [0.05, 0.1) is 5.57 Å². The van der Waals surface area contributed by atoms with Crippen LogP contribution in [0.2, 0.25) is 0 Å². The zero-order chi connectivity index (χ0) is 22.7. The lowest BCUT2D eigenvalue weighted by Crippen LogP contribution is -2.66. The highest BCUT2D eigenvalue weighted by molar-refractivity contribution is 5.39. The molecule has 0 atom stereocenters. The second-order valence-corrected chi connectivity index (χ2v) is 4.53. The number of hydrogen-bond donors (Lipinski definition) is 1. The first-order chi connectivity index (χ1) is 11.3. The maximum absolute atomic E-state index is 13.6. The van der Waals surface area contributed by atoms with Crippen LogP contribution < -0.4 is 0 Å². The molecular weight excluding hydrogens is 447 g/mol. The van der Waals surface area contributed by atoms with Crippen LogP contribution in [0.4, 0.5) is 74.6 Å². The van der Waals surface area contributed by atoms with Crippen molar-refractivity contribution >= 4 is 0 Å². The molecule has 0 heterocycles. The van der Waals surface area contributed by atoms with Gasteiger partial charge in [-0.1, -0.05) is 0 Å². The van der Waals surface area contributed by atoms with Gasteiger partial charge < -0.3 is 5.11 Å². The van der Waals surface area contributed by atoms with Crippen molar-refractivity contribution < 1.29 is 79.7 Å². The summed E-state index contributed by atoms with van der Waals surface area (Å²) < 4.78 is 213. The quantitative estimate of drug-likeness (QED) is 0.405. The van der Waals surface area contributed by atoms with Gasteiger partial charge in [0.25, 0.3) is 0 Å². The first-order valence-electron chi connectivity index (χ1n) is 5.44. The lowest BCUT2D eigenvalue weighted by Gasteiger charge is -2.40. The van der Waals surface area contributed by atoms with Crippen LogP contribution in [0.1, 0.15) is 0 Å². The number of rotatable bonds is 2. The molecule has 0 aliphatic carbocycles. The molecule has 0 saturated carbocycles. The fourth-order valence-corrected chi connectivity index (χ4v) is 1.59. The molecule has 0 aliphatic heterocycles. The summed E-state index contributed by atoms with van der Waals surface area (Å²) in [5, 5.41) is 8.24. The molecule has 0 aromatic rings. The van der Waals surface area contributed by atoms with E-state index in [9.17, 15) is 74.6 Å². The zero-order valence-corrected chi connectivity index (χ0v) is 11.4. The van der Waals surface area contributed by atoms with E-state index in [4.69, 9.17) is 5.11 Å². The van der Waals surface area contributed by atoms with Crippen LogP contribution in [0.25, 0.3) is 0 Å². The predicted octanol–water partition coefficient (Wildman–Crippen LogP) is 6.03. The molecule has 1 N–H and O–H groups in total. The summed E-state index contributed by atoms with van der Waals surface area (Å²) in [6.07, 6.45) is -39.5. The van der Waals surface area contributed by atoms with E-state index in [-0.39, 0.29) is 0 Å². The van der Waals surface area contributed by atoms with E-state index < -0.39 is 53.6 Å². The van der Waals surface area contributed by atoms with E-state index in [1.165, 1.54) is 0 Å². The van der Waals surface area contributed by atoms with Gasteiger partial charge in [0, 0.05) is 0 Å². The average molecular weight is 448 g/mol. The Balaban J connectivity index is 7.82. The molecule has 0 amide bonds. The SMILES string of the molecule is OC(=C(C(F)(C(F)(F)F)C(F)(F)F)C(F)(C(F)(F)F)C(F)(F)F)C(F)(F)F. The van der Waals surface area contributed by atoms with Crippen molar-refractivity contribution in [1.82, 2.24) is 0 Å². The minimum Gasteiger partial charge on any atom is -0.504 e. The molecule has 0 bridgehead atoms. The summed E-state index contributed by atoms with van der Waals surface area (Å²) >= 11 is 0. The molecule has 0 aromatic heterocycles. The van der Waals surface area contributed by atoms with E-state index in [0.717, 1.165) is 0 Å². The average Bonchev–Trinajstić information content (AvgIpc) is 2.31. The van der Waals surface area contributed by atoms with Crippen LogP contribution in [0.5, 0.6) is 0 Å². The van der Waals surface area contributed by atoms with Gasteiger partial charge in [-0.3, -0.25) is 0 Å². The van der Waals surface area contributed by atoms with Crippen molar-refractivity contribution in [2.75, 3.05) is 0 Å². The maximum atomic E-state index is 13.6. The Kier molecular flexibility index (Phi) is 5.80. The first kappa shape index (κ1) is 25.3. The van der Waals surface area contributed by atoms with Crippen LogP contribution in [0.3, 0.4) is 0 Å². The molecule has 0 aromatic carbocycles. The van der Waals surface area contributed by atoms with E-state index in [0.29, 0.717) is 0 Å². The van der Waals surface area contributed by atoms with Crippen molar-refractivity contribution in [1.29, 1.82) is 0 Å². The number of alkyl halides is 17. The number of aliphatic hydroxyl groups excluding tert-OH is 1. The van der Waals surface area contributed by atoms with Crippen LogP contribution in [0, 0.1) is 0 Å². The van der Waals surface area contributed by atoms with Crippen molar-refractivity contribution in [3.63, 3.8) is 0 Å². The second-order valence-electron chi connectivity index (χ2n) is 4.53. The van der Waals surface area contributed by atoms with Crippen molar-refractivity contribution in [2.24, 2.45) is 0 Å². The monoisotopic (exact) mass is 448 g/mol. The third-order valence-corrected chi connectivity index (χ3v) is 2.76. The van der Waals surface area contributed by atoms with Gasteiger partial charge in [0.2, 0.25) is 5.76 Å². The van der Waals surface area contributed by atoms with Gasteiger partial charge in [0.1, 0.15) is 0 Å². The smallest absolute Gasteiger partial charge is 0.448 e. The van der Waals surface area contributed by atoms with Gasteiger partial charge in [0.15, 0.2) is 0 Å². The van der Waals surface area contributed by atoms with Crippen molar-refractivity contribution in [3.8, 4) is 0 Å². The van der Waals surface area contributed by atoms with Crippen LogP contribution in [-0.2, 0) is 0 Å². The Morgan fingerprint density at radius 1 is 0.407 bits per heavy atom. The van der Waals surface area contributed by atoms with Gasteiger partial charge in [-0.05, 0) is 0 Å². The molecule has 27 heavy (non-hydrogen) atoms. The Hall–Kier alpha value is -1.65. The fraction of sp³-hybridized carbons (Fsp3) is 0.778. The summed E-state index contributed by atoms with van der Waals surface area (Å²) in [6, 6.07) is 0. The van der Waals surface area contributed by atoms with E-state index in [2.05, 4.69) is 0 Å².